The van der Waals surface area contributed by atoms with Crippen LogP contribution in [0.3, 0.4) is 0 Å². The van der Waals surface area contributed by atoms with Crippen LogP contribution in [0.2, 0.25) is 0 Å². The molecule has 0 atom stereocenters. The molecule has 5 heteroatoms. The van der Waals surface area contributed by atoms with Gasteiger partial charge < -0.3 is 4.74 Å². The highest BCUT2D eigenvalue weighted by atomic mass is 16.5. The van der Waals surface area contributed by atoms with Crippen LogP contribution in [0, 0.1) is 6.92 Å². The Morgan fingerprint density at radius 3 is 2.53 bits per heavy atom. The SMILES string of the molecule is COC(=O)c1ccc(C(=O)NN)cc1C. The highest BCUT2D eigenvalue weighted by Crippen LogP contribution is 2.12. The molecule has 0 heterocycles. The predicted octanol–water partition coefficient (Wildman–Crippen LogP) is 0.385. The van der Waals surface area contributed by atoms with Crippen molar-refractivity contribution < 1.29 is 14.3 Å². The third-order valence-corrected chi connectivity index (χ3v) is 2.02. The van der Waals surface area contributed by atoms with Crippen molar-refractivity contribution in [3.63, 3.8) is 0 Å². The average Bonchev–Trinajstić information content (AvgIpc) is 2.26. The summed E-state index contributed by atoms with van der Waals surface area (Å²) < 4.78 is 4.58. The quantitative estimate of drug-likeness (QED) is 0.319. The van der Waals surface area contributed by atoms with Crippen molar-refractivity contribution >= 4 is 11.9 Å². The van der Waals surface area contributed by atoms with Gasteiger partial charge in [-0.1, -0.05) is 0 Å². The number of carbonyl (C=O) groups excluding carboxylic acids is 2. The average molecular weight is 208 g/mol. The first-order valence-corrected chi connectivity index (χ1v) is 4.30. The largest absolute Gasteiger partial charge is 0.465 e. The lowest BCUT2D eigenvalue weighted by molar-refractivity contribution is 0.0599. The molecule has 0 unspecified atom stereocenters. The standard InChI is InChI=1S/C10H12N2O3/c1-6-5-7(9(13)12-11)3-4-8(6)10(14)15-2/h3-5H,11H2,1-2H3,(H,12,13). The van der Waals surface area contributed by atoms with Crippen molar-refractivity contribution in [2.75, 3.05) is 7.11 Å². The predicted molar refractivity (Wildman–Crippen MR) is 54.2 cm³/mol. The van der Waals surface area contributed by atoms with Crippen LogP contribution in [-0.2, 0) is 4.74 Å². The van der Waals surface area contributed by atoms with Gasteiger partial charge in [0.1, 0.15) is 0 Å². The van der Waals surface area contributed by atoms with Gasteiger partial charge in [-0.3, -0.25) is 10.2 Å². The number of ether oxygens (including phenoxy) is 1. The number of carbonyl (C=O) groups is 2. The smallest absolute Gasteiger partial charge is 0.338 e. The summed E-state index contributed by atoms with van der Waals surface area (Å²) in [4.78, 5) is 22.4. The molecule has 0 bridgehead atoms. The van der Waals surface area contributed by atoms with Crippen LogP contribution >= 0.6 is 0 Å². The lowest BCUT2D eigenvalue weighted by Gasteiger charge is -2.05. The van der Waals surface area contributed by atoms with Crippen molar-refractivity contribution in [3.05, 3.63) is 34.9 Å². The molecule has 0 aromatic heterocycles. The number of rotatable bonds is 2. The molecule has 0 saturated carbocycles. The minimum Gasteiger partial charge on any atom is -0.465 e. The molecule has 0 aliphatic rings. The van der Waals surface area contributed by atoms with Crippen LogP contribution < -0.4 is 11.3 Å². The van der Waals surface area contributed by atoms with E-state index in [0.29, 0.717) is 16.7 Å². The number of aryl methyl sites for hydroxylation is 1. The molecule has 3 N–H and O–H groups in total. The van der Waals surface area contributed by atoms with Crippen molar-refractivity contribution in [1.29, 1.82) is 0 Å². The first kappa shape index (κ1) is 11.2. The van der Waals surface area contributed by atoms with Crippen LogP contribution in [0.4, 0.5) is 0 Å². The van der Waals surface area contributed by atoms with E-state index >= 15 is 0 Å². The lowest BCUT2D eigenvalue weighted by Crippen LogP contribution is -2.30. The van der Waals surface area contributed by atoms with Crippen LogP contribution in [0.5, 0.6) is 0 Å². The Hall–Kier alpha value is -1.88. The van der Waals surface area contributed by atoms with Gasteiger partial charge in [0.25, 0.3) is 5.91 Å². The second-order valence-electron chi connectivity index (χ2n) is 2.99. The Kier molecular flexibility index (Phi) is 3.41. The van der Waals surface area contributed by atoms with Crippen LogP contribution in [0.15, 0.2) is 18.2 Å². The van der Waals surface area contributed by atoms with Gasteiger partial charge in [-0.15, -0.1) is 0 Å². The molecule has 0 spiro atoms. The maximum atomic E-state index is 11.2. The van der Waals surface area contributed by atoms with Crippen molar-refractivity contribution in [2.45, 2.75) is 6.92 Å². The fourth-order valence-electron chi connectivity index (χ4n) is 1.23. The fourth-order valence-corrected chi connectivity index (χ4v) is 1.23. The van der Waals surface area contributed by atoms with Gasteiger partial charge in [-0.05, 0) is 30.7 Å². The fraction of sp³-hybridized carbons (Fsp3) is 0.200. The summed E-state index contributed by atoms with van der Waals surface area (Å²) in [7, 11) is 1.31. The molecule has 1 aromatic rings. The Labute approximate surface area is 87.2 Å². The summed E-state index contributed by atoms with van der Waals surface area (Å²) in [6.07, 6.45) is 0. The number of benzene rings is 1. The maximum absolute atomic E-state index is 11.2. The zero-order valence-electron chi connectivity index (χ0n) is 8.53. The van der Waals surface area contributed by atoms with Gasteiger partial charge in [0.2, 0.25) is 0 Å². The van der Waals surface area contributed by atoms with E-state index in [1.807, 2.05) is 5.43 Å². The van der Waals surface area contributed by atoms with Gasteiger partial charge >= 0.3 is 5.97 Å². The zero-order valence-corrected chi connectivity index (χ0v) is 8.53. The molecule has 80 valence electrons. The number of esters is 1. The molecular weight excluding hydrogens is 196 g/mol. The Balaban J connectivity index is 3.08. The topological polar surface area (TPSA) is 81.4 Å². The monoisotopic (exact) mass is 208 g/mol. The number of amides is 1. The van der Waals surface area contributed by atoms with E-state index in [0.717, 1.165) is 0 Å². The number of nitrogens with one attached hydrogen (secondary N) is 1. The molecule has 0 saturated heterocycles. The Bertz CT molecular complexity index is 402. The highest BCUT2D eigenvalue weighted by molar-refractivity contribution is 5.96. The van der Waals surface area contributed by atoms with Crippen LogP contribution in [0.1, 0.15) is 26.3 Å². The normalized spacial score (nSPS) is 9.53. The number of hydrazine groups is 1. The molecule has 1 rings (SSSR count). The first-order valence-electron chi connectivity index (χ1n) is 4.30. The van der Waals surface area contributed by atoms with E-state index in [9.17, 15) is 9.59 Å². The summed E-state index contributed by atoms with van der Waals surface area (Å²) in [5, 5.41) is 0. The van der Waals surface area contributed by atoms with Crippen molar-refractivity contribution in [3.8, 4) is 0 Å². The summed E-state index contributed by atoms with van der Waals surface area (Å²) >= 11 is 0. The molecular formula is C10H12N2O3. The number of hydrogen-bond acceptors (Lipinski definition) is 4. The first-order chi connectivity index (χ1) is 7.10. The maximum Gasteiger partial charge on any atom is 0.338 e. The molecule has 0 fully saturated rings. The van der Waals surface area contributed by atoms with Gasteiger partial charge in [-0.25, -0.2) is 10.6 Å². The van der Waals surface area contributed by atoms with Gasteiger partial charge in [0.05, 0.1) is 12.7 Å². The summed E-state index contributed by atoms with van der Waals surface area (Å²) in [5.74, 6) is 4.17. The van der Waals surface area contributed by atoms with Crippen molar-refractivity contribution in [2.24, 2.45) is 5.84 Å². The van der Waals surface area contributed by atoms with Crippen LogP contribution in [0.25, 0.3) is 0 Å². The Morgan fingerprint density at radius 2 is 2.07 bits per heavy atom. The lowest BCUT2D eigenvalue weighted by atomic mass is 10.0. The van der Waals surface area contributed by atoms with E-state index in [-0.39, 0.29) is 0 Å². The van der Waals surface area contributed by atoms with Crippen molar-refractivity contribution in [1.82, 2.24) is 5.43 Å². The van der Waals surface area contributed by atoms with Gasteiger partial charge in [0.15, 0.2) is 0 Å². The number of nitrogen functional groups attached to an aromatic ring is 1. The highest BCUT2D eigenvalue weighted by Gasteiger charge is 2.11. The number of hydrogen-bond donors (Lipinski definition) is 2. The van der Waals surface area contributed by atoms with E-state index < -0.39 is 11.9 Å². The molecule has 0 radical (unpaired) electrons. The third kappa shape index (κ3) is 2.32. The minimum atomic E-state index is -0.424. The molecule has 0 aliphatic carbocycles. The van der Waals surface area contributed by atoms with E-state index in [4.69, 9.17) is 5.84 Å². The molecule has 0 aliphatic heterocycles. The second-order valence-corrected chi connectivity index (χ2v) is 2.99. The second kappa shape index (κ2) is 4.56. The zero-order chi connectivity index (χ0) is 11.4. The Morgan fingerprint density at radius 1 is 1.40 bits per heavy atom. The van der Waals surface area contributed by atoms with E-state index in [2.05, 4.69) is 4.74 Å². The summed E-state index contributed by atoms with van der Waals surface area (Å²) in [6.45, 7) is 1.72. The molecule has 5 nitrogen and oxygen atoms in total. The van der Waals surface area contributed by atoms with Crippen LogP contribution in [-0.4, -0.2) is 19.0 Å². The number of nitrogens with two attached hydrogens (primary N) is 1. The summed E-state index contributed by atoms with van der Waals surface area (Å²) in [6, 6.07) is 4.63. The minimum absolute atomic E-state index is 0.394. The van der Waals surface area contributed by atoms with Gasteiger partial charge in [-0.2, -0.15) is 0 Å². The third-order valence-electron chi connectivity index (χ3n) is 2.02. The van der Waals surface area contributed by atoms with E-state index in [1.165, 1.54) is 19.2 Å². The molecule has 1 aromatic carbocycles. The van der Waals surface area contributed by atoms with E-state index in [1.54, 1.807) is 13.0 Å². The van der Waals surface area contributed by atoms with Gasteiger partial charge in [0, 0.05) is 5.56 Å². The number of methoxy groups -OCH3 is 1. The summed E-state index contributed by atoms with van der Waals surface area (Å²) in [5.41, 5.74) is 3.53. The molecule has 15 heavy (non-hydrogen) atoms. The molecule has 1 amide bonds.